The summed E-state index contributed by atoms with van der Waals surface area (Å²) in [6.07, 6.45) is 2.63. The molecule has 6 heteroatoms. The summed E-state index contributed by atoms with van der Waals surface area (Å²) in [6.45, 7) is 3.31. The van der Waals surface area contributed by atoms with Crippen molar-refractivity contribution in [1.29, 1.82) is 0 Å². The number of rotatable bonds is 8. The van der Waals surface area contributed by atoms with Crippen LogP contribution < -0.4 is 9.47 Å². The molecule has 0 fully saturated rings. The van der Waals surface area contributed by atoms with Crippen molar-refractivity contribution in [2.24, 2.45) is 0 Å². The Labute approximate surface area is 146 Å². The fraction of sp³-hybridized carbons (Fsp3) is 0.211. The molecular weight excluding hydrogens is 318 g/mol. The van der Waals surface area contributed by atoms with Gasteiger partial charge < -0.3 is 9.47 Å². The van der Waals surface area contributed by atoms with Crippen molar-refractivity contribution in [3.8, 4) is 11.5 Å². The second kappa shape index (κ2) is 8.10. The first-order valence-electron chi connectivity index (χ1n) is 8.06. The van der Waals surface area contributed by atoms with Crippen LogP contribution in [0.2, 0.25) is 0 Å². The Bertz CT molecular complexity index is 831. The third-order valence-electron chi connectivity index (χ3n) is 3.55. The summed E-state index contributed by atoms with van der Waals surface area (Å²) in [6, 6.07) is 15.1. The molecule has 0 spiro atoms. The van der Waals surface area contributed by atoms with Gasteiger partial charge in [-0.2, -0.15) is 0 Å². The second-order valence-corrected chi connectivity index (χ2v) is 5.44. The van der Waals surface area contributed by atoms with E-state index in [2.05, 4.69) is 10.3 Å². The Morgan fingerprint density at radius 2 is 1.92 bits per heavy atom. The minimum absolute atomic E-state index is 0.273. The Morgan fingerprint density at radius 3 is 2.68 bits per heavy atom. The maximum Gasteiger partial charge on any atom is 0.161 e. The lowest BCUT2D eigenvalue weighted by Crippen LogP contribution is -2.01. The predicted octanol–water partition coefficient (Wildman–Crippen LogP) is 3.12. The Morgan fingerprint density at radius 1 is 1.08 bits per heavy atom. The second-order valence-electron chi connectivity index (χ2n) is 5.44. The normalized spacial score (nSPS) is 10.4. The predicted molar refractivity (Wildman–Crippen MR) is 92.9 cm³/mol. The first kappa shape index (κ1) is 16.7. The third-order valence-corrected chi connectivity index (χ3v) is 3.55. The molecule has 2 aromatic carbocycles. The van der Waals surface area contributed by atoms with E-state index in [1.165, 1.54) is 0 Å². The molecule has 0 aliphatic rings. The van der Waals surface area contributed by atoms with Gasteiger partial charge in [-0.15, -0.1) is 5.10 Å². The molecule has 3 aromatic rings. The lowest BCUT2D eigenvalue weighted by molar-refractivity contribution is 0.112. The SMILES string of the molecule is CCOc1cc(C=O)ccc1OCc1cn(Cc2ccccc2)nn1. The van der Waals surface area contributed by atoms with Crippen molar-refractivity contribution in [2.45, 2.75) is 20.1 Å². The van der Waals surface area contributed by atoms with Crippen LogP contribution in [-0.2, 0) is 13.2 Å². The minimum atomic E-state index is 0.273. The van der Waals surface area contributed by atoms with Crippen molar-refractivity contribution in [3.63, 3.8) is 0 Å². The highest BCUT2D eigenvalue weighted by Crippen LogP contribution is 2.28. The molecule has 0 aliphatic carbocycles. The van der Waals surface area contributed by atoms with Crippen LogP contribution >= 0.6 is 0 Å². The van der Waals surface area contributed by atoms with Gasteiger partial charge in [-0.1, -0.05) is 35.5 Å². The average Bonchev–Trinajstić information content (AvgIpc) is 3.09. The molecule has 0 bridgehead atoms. The molecule has 0 atom stereocenters. The van der Waals surface area contributed by atoms with Crippen LogP contribution in [0.4, 0.5) is 0 Å². The molecular formula is C19H19N3O3. The largest absolute Gasteiger partial charge is 0.490 e. The molecule has 128 valence electrons. The number of ether oxygens (including phenoxy) is 2. The lowest BCUT2D eigenvalue weighted by atomic mass is 10.2. The van der Waals surface area contributed by atoms with Gasteiger partial charge >= 0.3 is 0 Å². The van der Waals surface area contributed by atoms with Gasteiger partial charge in [0, 0.05) is 5.56 Å². The number of aromatic nitrogens is 3. The average molecular weight is 337 g/mol. The van der Waals surface area contributed by atoms with Gasteiger partial charge in [0.15, 0.2) is 11.5 Å². The van der Waals surface area contributed by atoms with Gasteiger partial charge in [0.25, 0.3) is 0 Å². The first-order chi connectivity index (χ1) is 12.3. The van der Waals surface area contributed by atoms with Crippen molar-refractivity contribution >= 4 is 6.29 Å². The van der Waals surface area contributed by atoms with Crippen molar-refractivity contribution < 1.29 is 14.3 Å². The van der Waals surface area contributed by atoms with Gasteiger partial charge in [0.05, 0.1) is 19.3 Å². The number of aldehydes is 1. The highest BCUT2D eigenvalue weighted by Gasteiger charge is 2.08. The zero-order chi connectivity index (χ0) is 17.5. The number of nitrogens with zero attached hydrogens (tertiary/aromatic N) is 3. The van der Waals surface area contributed by atoms with Gasteiger partial charge in [-0.25, -0.2) is 4.68 Å². The Kier molecular flexibility index (Phi) is 5.41. The molecule has 0 radical (unpaired) electrons. The maximum absolute atomic E-state index is 10.9. The van der Waals surface area contributed by atoms with E-state index < -0.39 is 0 Å². The molecule has 0 N–H and O–H groups in total. The highest BCUT2D eigenvalue weighted by atomic mass is 16.5. The van der Waals surface area contributed by atoms with E-state index in [4.69, 9.17) is 9.47 Å². The number of hydrogen-bond acceptors (Lipinski definition) is 5. The first-order valence-corrected chi connectivity index (χ1v) is 8.06. The molecule has 0 saturated heterocycles. The number of carbonyl (C=O) groups excluding carboxylic acids is 1. The number of benzene rings is 2. The Hall–Kier alpha value is -3.15. The summed E-state index contributed by atoms with van der Waals surface area (Å²) in [4.78, 5) is 10.9. The molecule has 3 rings (SSSR count). The van der Waals surface area contributed by atoms with Gasteiger partial charge in [-0.05, 0) is 30.7 Å². The van der Waals surface area contributed by atoms with Crippen LogP contribution in [0, 0.1) is 0 Å². The summed E-state index contributed by atoms with van der Waals surface area (Å²) < 4.78 is 13.1. The van der Waals surface area contributed by atoms with E-state index >= 15 is 0 Å². The van der Waals surface area contributed by atoms with Crippen LogP contribution in [0.1, 0.15) is 28.5 Å². The van der Waals surface area contributed by atoms with Crippen molar-refractivity contribution in [2.75, 3.05) is 6.61 Å². The monoisotopic (exact) mass is 337 g/mol. The molecule has 1 heterocycles. The molecule has 0 amide bonds. The standard InChI is InChI=1S/C19H19N3O3/c1-2-24-19-10-16(13-23)8-9-18(19)25-14-17-12-22(21-20-17)11-15-6-4-3-5-7-15/h3-10,12-13H,2,11,14H2,1H3. The zero-order valence-corrected chi connectivity index (χ0v) is 14.0. The number of hydrogen-bond donors (Lipinski definition) is 0. The highest BCUT2D eigenvalue weighted by molar-refractivity contribution is 5.76. The van der Waals surface area contributed by atoms with Gasteiger partial charge in [0.2, 0.25) is 0 Å². The summed E-state index contributed by atoms with van der Waals surface area (Å²) in [5.74, 6) is 1.12. The molecule has 0 aliphatic heterocycles. The van der Waals surface area contributed by atoms with E-state index in [0.29, 0.717) is 30.2 Å². The quantitative estimate of drug-likeness (QED) is 0.591. The van der Waals surface area contributed by atoms with E-state index in [9.17, 15) is 4.79 Å². The molecule has 0 unspecified atom stereocenters. The maximum atomic E-state index is 10.9. The third kappa shape index (κ3) is 4.44. The fourth-order valence-corrected chi connectivity index (χ4v) is 2.39. The van der Waals surface area contributed by atoms with Crippen LogP contribution in [0.3, 0.4) is 0 Å². The molecule has 0 saturated carbocycles. The van der Waals surface area contributed by atoms with Crippen LogP contribution in [-0.4, -0.2) is 27.9 Å². The molecule has 1 aromatic heterocycles. The fourth-order valence-electron chi connectivity index (χ4n) is 2.39. The smallest absolute Gasteiger partial charge is 0.161 e. The van der Waals surface area contributed by atoms with Crippen LogP contribution in [0.25, 0.3) is 0 Å². The van der Waals surface area contributed by atoms with Crippen molar-refractivity contribution in [3.05, 3.63) is 71.5 Å². The lowest BCUT2D eigenvalue weighted by Gasteiger charge is -2.11. The van der Waals surface area contributed by atoms with Gasteiger partial charge in [-0.3, -0.25) is 4.79 Å². The molecule has 6 nitrogen and oxygen atoms in total. The molecule has 25 heavy (non-hydrogen) atoms. The van der Waals surface area contributed by atoms with Crippen LogP contribution in [0.15, 0.2) is 54.7 Å². The Balaban J connectivity index is 1.65. The summed E-state index contributed by atoms with van der Waals surface area (Å²) in [5, 5.41) is 8.25. The van der Waals surface area contributed by atoms with E-state index in [1.54, 1.807) is 22.9 Å². The minimum Gasteiger partial charge on any atom is -0.490 e. The zero-order valence-electron chi connectivity index (χ0n) is 14.0. The number of carbonyl (C=O) groups is 1. The topological polar surface area (TPSA) is 66.2 Å². The van der Waals surface area contributed by atoms with E-state index in [-0.39, 0.29) is 6.61 Å². The van der Waals surface area contributed by atoms with E-state index in [1.807, 2.05) is 43.5 Å². The summed E-state index contributed by atoms with van der Waals surface area (Å²) in [7, 11) is 0. The van der Waals surface area contributed by atoms with E-state index in [0.717, 1.165) is 17.5 Å². The van der Waals surface area contributed by atoms with Gasteiger partial charge in [0.1, 0.15) is 18.6 Å². The van der Waals surface area contributed by atoms with Crippen LogP contribution in [0.5, 0.6) is 11.5 Å². The van der Waals surface area contributed by atoms with Crippen molar-refractivity contribution in [1.82, 2.24) is 15.0 Å². The summed E-state index contributed by atoms with van der Waals surface area (Å²) >= 11 is 0. The summed E-state index contributed by atoms with van der Waals surface area (Å²) in [5.41, 5.74) is 2.42.